The number of nitrogens with zero attached hydrogens (tertiary/aromatic N) is 2. The predicted octanol–water partition coefficient (Wildman–Crippen LogP) is 2.19. The molecule has 0 aromatic heterocycles. The van der Waals surface area contributed by atoms with E-state index >= 15 is 0 Å². The number of piperazine rings is 1. The maximum atomic E-state index is 11.8. The minimum atomic E-state index is 0.0957. The number of carbonyl (C=O) groups is 1. The Morgan fingerprint density at radius 1 is 1.23 bits per heavy atom. The van der Waals surface area contributed by atoms with Gasteiger partial charge in [-0.1, -0.05) is 11.6 Å². The molecule has 1 aliphatic heterocycles. The summed E-state index contributed by atoms with van der Waals surface area (Å²) in [5.74, 6) is 0.550. The number of hydrogen-bond acceptors (Lipinski definition) is 4. The van der Waals surface area contributed by atoms with Crippen LogP contribution in [-0.2, 0) is 4.79 Å². The van der Waals surface area contributed by atoms with Crippen LogP contribution in [0.25, 0.3) is 0 Å². The lowest BCUT2D eigenvalue weighted by molar-refractivity contribution is -0.118. The highest BCUT2D eigenvalue weighted by atomic mass is 35.5. The van der Waals surface area contributed by atoms with Gasteiger partial charge in [0.1, 0.15) is 0 Å². The summed E-state index contributed by atoms with van der Waals surface area (Å²) in [6, 6.07) is 7.57. The molecule has 1 fully saturated rings. The van der Waals surface area contributed by atoms with Crippen LogP contribution in [0.15, 0.2) is 29.2 Å². The summed E-state index contributed by atoms with van der Waals surface area (Å²) in [7, 11) is 2.16. The summed E-state index contributed by atoms with van der Waals surface area (Å²) in [4.78, 5) is 17.7. The van der Waals surface area contributed by atoms with Gasteiger partial charge in [-0.25, -0.2) is 0 Å². The summed E-state index contributed by atoms with van der Waals surface area (Å²) in [5, 5.41) is 3.71. The lowest BCUT2D eigenvalue weighted by atomic mass is 10.3. The first-order chi connectivity index (χ1) is 10.6. The predicted molar refractivity (Wildman–Crippen MR) is 93.7 cm³/mol. The molecule has 1 saturated heterocycles. The number of halogens is 1. The van der Waals surface area contributed by atoms with Crippen molar-refractivity contribution in [1.29, 1.82) is 0 Å². The number of hydrogen-bond donors (Lipinski definition) is 1. The Kier molecular flexibility index (Phi) is 7.52. The summed E-state index contributed by atoms with van der Waals surface area (Å²) in [6.07, 6.45) is 1.01. The third-order valence-electron chi connectivity index (χ3n) is 3.75. The zero-order valence-electron chi connectivity index (χ0n) is 13.1. The van der Waals surface area contributed by atoms with Gasteiger partial charge in [0.25, 0.3) is 0 Å². The van der Waals surface area contributed by atoms with Crippen LogP contribution >= 0.6 is 23.4 Å². The Balaban J connectivity index is 1.53. The van der Waals surface area contributed by atoms with Crippen LogP contribution in [0.1, 0.15) is 6.42 Å². The molecule has 1 amide bonds. The molecule has 0 bridgehead atoms. The Morgan fingerprint density at radius 3 is 2.59 bits per heavy atom. The standard InChI is InChI=1S/C16H24ClN3OS/c1-19-9-11-20(12-10-19)8-2-7-18-16(21)13-22-15-5-3-14(17)4-6-15/h3-6H,2,7-13H2,1H3,(H,18,21). The van der Waals surface area contributed by atoms with Crippen LogP contribution in [0.4, 0.5) is 0 Å². The normalized spacial score (nSPS) is 16.6. The SMILES string of the molecule is CN1CCN(CCCNC(=O)CSc2ccc(Cl)cc2)CC1. The van der Waals surface area contributed by atoms with Crippen LogP contribution in [0.5, 0.6) is 0 Å². The summed E-state index contributed by atoms with van der Waals surface area (Å²) in [5.41, 5.74) is 0. The first-order valence-corrected chi connectivity index (χ1v) is 9.06. The van der Waals surface area contributed by atoms with Gasteiger partial charge in [-0.3, -0.25) is 4.79 Å². The van der Waals surface area contributed by atoms with Crippen LogP contribution in [0.2, 0.25) is 5.02 Å². The maximum Gasteiger partial charge on any atom is 0.230 e. The van der Waals surface area contributed by atoms with Crippen LogP contribution in [-0.4, -0.2) is 67.8 Å². The summed E-state index contributed by atoms with van der Waals surface area (Å²) in [6.45, 7) is 6.38. The van der Waals surface area contributed by atoms with Crippen molar-refractivity contribution in [3.8, 4) is 0 Å². The largest absolute Gasteiger partial charge is 0.355 e. The quantitative estimate of drug-likeness (QED) is 0.609. The molecule has 1 aliphatic rings. The van der Waals surface area contributed by atoms with E-state index in [1.54, 1.807) is 0 Å². The van der Waals surface area contributed by atoms with E-state index < -0.39 is 0 Å². The topological polar surface area (TPSA) is 35.6 Å². The molecule has 6 heteroatoms. The van der Waals surface area contributed by atoms with Crippen molar-refractivity contribution in [2.45, 2.75) is 11.3 Å². The molecular formula is C16H24ClN3OS. The van der Waals surface area contributed by atoms with Gasteiger partial charge < -0.3 is 15.1 Å². The third-order valence-corrected chi connectivity index (χ3v) is 5.02. The lowest BCUT2D eigenvalue weighted by Gasteiger charge is -2.32. The fourth-order valence-electron chi connectivity index (χ4n) is 2.33. The van der Waals surface area contributed by atoms with Crippen LogP contribution < -0.4 is 5.32 Å². The average molecular weight is 342 g/mol. The average Bonchev–Trinajstić information content (AvgIpc) is 2.53. The molecule has 0 atom stereocenters. The highest BCUT2D eigenvalue weighted by Crippen LogP contribution is 2.19. The molecule has 0 radical (unpaired) electrons. The van der Waals surface area contributed by atoms with Gasteiger partial charge in [-0.2, -0.15) is 0 Å². The zero-order chi connectivity index (χ0) is 15.8. The van der Waals surface area contributed by atoms with Crippen molar-refractivity contribution in [1.82, 2.24) is 15.1 Å². The first kappa shape index (κ1) is 17.6. The monoisotopic (exact) mass is 341 g/mol. The minimum Gasteiger partial charge on any atom is -0.355 e. The van der Waals surface area contributed by atoms with Crippen LogP contribution in [0.3, 0.4) is 0 Å². The Morgan fingerprint density at radius 2 is 1.91 bits per heavy atom. The van der Waals surface area contributed by atoms with Gasteiger partial charge >= 0.3 is 0 Å². The first-order valence-electron chi connectivity index (χ1n) is 7.69. The van der Waals surface area contributed by atoms with Crippen molar-refractivity contribution in [2.24, 2.45) is 0 Å². The van der Waals surface area contributed by atoms with E-state index in [0.29, 0.717) is 5.75 Å². The molecule has 122 valence electrons. The van der Waals surface area contributed by atoms with Gasteiger partial charge in [0.05, 0.1) is 5.75 Å². The second kappa shape index (κ2) is 9.40. The fraction of sp³-hybridized carbons (Fsp3) is 0.562. The zero-order valence-corrected chi connectivity index (χ0v) is 14.6. The molecule has 0 aliphatic carbocycles. The number of nitrogens with one attached hydrogen (secondary N) is 1. The Hall–Kier alpha value is -0.750. The summed E-state index contributed by atoms with van der Waals surface area (Å²) >= 11 is 7.37. The number of amides is 1. The number of benzene rings is 1. The van der Waals surface area contributed by atoms with E-state index in [2.05, 4.69) is 22.2 Å². The molecule has 0 spiro atoms. The van der Waals surface area contributed by atoms with E-state index in [-0.39, 0.29) is 5.91 Å². The van der Waals surface area contributed by atoms with Crippen molar-refractivity contribution in [3.63, 3.8) is 0 Å². The van der Waals surface area contributed by atoms with E-state index in [4.69, 9.17) is 11.6 Å². The van der Waals surface area contributed by atoms with Crippen molar-refractivity contribution < 1.29 is 4.79 Å². The Bertz CT molecular complexity index is 461. The van der Waals surface area contributed by atoms with Crippen molar-refractivity contribution >= 4 is 29.3 Å². The highest BCUT2D eigenvalue weighted by Gasteiger charge is 2.12. The molecular weight excluding hydrogens is 318 g/mol. The number of carbonyl (C=O) groups excluding carboxylic acids is 1. The molecule has 1 N–H and O–H groups in total. The molecule has 1 aromatic carbocycles. The molecule has 2 rings (SSSR count). The lowest BCUT2D eigenvalue weighted by Crippen LogP contribution is -2.45. The molecule has 0 unspecified atom stereocenters. The summed E-state index contributed by atoms with van der Waals surface area (Å²) < 4.78 is 0. The molecule has 1 heterocycles. The number of likely N-dealkylation sites (N-methyl/N-ethyl adjacent to an activating group) is 1. The molecule has 0 saturated carbocycles. The number of thioether (sulfide) groups is 1. The second-order valence-electron chi connectivity index (χ2n) is 5.59. The highest BCUT2D eigenvalue weighted by molar-refractivity contribution is 8.00. The second-order valence-corrected chi connectivity index (χ2v) is 7.08. The molecule has 1 aromatic rings. The molecule has 4 nitrogen and oxygen atoms in total. The van der Waals surface area contributed by atoms with Crippen LogP contribution in [0, 0.1) is 0 Å². The molecule has 22 heavy (non-hydrogen) atoms. The van der Waals surface area contributed by atoms with Gasteiger partial charge in [-0.15, -0.1) is 11.8 Å². The minimum absolute atomic E-state index is 0.0957. The maximum absolute atomic E-state index is 11.8. The smallest absolute Gasteiger partial charge is 0.230 e. The van der Waals surface area contributed by atoms with Gasteiger partial charge in [-0.05, 0) is 44.3 Å². The van der Waals surface area contributed by atoms with Gasteiger partial charge in [0.2, 0.25) is 5.91 Å². The van der Waals surface area contributed by atoms with E-state index in [1.165, 1.54) is 11.8 Å². The van der Waals surface area contributed by atoms with Gasteiger partial charge in [0, 0.05) is 42.6 Å². The van der Waals surface area contributed by atoms with Crippen molar-refractivity contribution in [3.05, 3.63) is 29.3 Å². The fourth-order valence-corrected chi connectivity index (χ4v) is 3.19. The van der Waals surface area contributed by atoms with Crippen molar-refractivity contribution in [2.75, 3.05) is 52.1 Å². The van der Waals surface area contributed by atoms with E-state index in [1.807, 2.05) is 24.3 Å². The Labute approximate surface area is 142 Å². The van der Waals surface area contributed by atoms with E-state index in [9.17, 15) is 4.79 Å². The third kappa shape index (κ3) is 6.57. The van der Waals surface area contributed by atoms with E-state index in [0.717, 1.165) is 55.6 Å². The van der Waals surface area contributed by atoms with Gasteiger partial charge in [0.15, 0.2) is 0 Å². The number of rotatable bonds is 7.